The number of nitrogens with one attached hydrogen (secondary N) is 2. The van der Waals surface area contributed by atoms with Gasteiger partial charge in [0.25, 0.3) is 0 Å². The average molecular weight is 270 g/mol. The summed E-state index contributed by atoms with van der Waals surface area (Å²) in [6, 6.07) is 0.900. The van der Waals surface area contributed by atoms with Crippen LogP contribution in [0.3, 0.4) is 0 Å². The summed E-state index contributed by atoms with van der Waals surface area (Å²) in [7, 11) is 0. The fourth-order valence-electron chi connectivity index (χ4n) is 2.51. The highest BCUT2D eigenvalue weighted by molar-refractivity contribution is 5.81. The van der Waals surface area contributed by atoms with Gasteiger partial charge in [0.1, 0.15) is 6.10 Å². The number of carbonyl (C=O) groups is 1. The highest BCUT2D eigenvalue weighted by atomic mass is 16.5. The molecule has 19 heavy (non-hydrogen) atoms. The normalized spacial score (nSPS) is 29.9. The van der Waals surface area contributed by atoms with Crippen molar-refractivity contribution in [2.24, 2.45) is 0 Å². The Balaban J connectivity index is 2.51. The highest BCUT2D eigenvalue weighted by Gasteiger charge is 2.30. The maximum absolute atomic E-state index is 12.0. The maximum atomic E-state index is 12.0. The van der Waals surface area contributed by atoms with Crippen LogP contribution in [0.4, 0.5) is 0 Å². The average Bonchev–Trinajstić information content (AvgIpc) is 2.29. The van der Waals surface area contributed by atoms with Crippen molar-refractivity contribution >= 4 is 5.91 Å². The molecule has 0 radical (unpaired) electrons. The molecule has 4 heteroatoms. The molecule has 4 nitrogen and oxygen atoms in total. The van der Waals surface area contributed by atoms with E-state index in [1.165, 1.54) is 0 Å². The molecule has 0 aromatic heterocycles. The second kappa shape index (κ2) is 6.71. The Kier molecular flexibility index (Phi) is 5.81. The highest BCUT2D eigenvalue weighted by Crippen LogP contribution is 2.20. The molecule has 0 aliphatic carbocycles. The van der Waals surface area contributed by atoms with E-state index < -0.39 is 6.10 Å². The fraction of sp³-hybridized carbons (Fsp3) is 0.933. The Labute approximate surface area is 117 Å². The van der Waals surface area contributed by atoms with E-state index in [1.54, 1.807) is 0 Å². The molecule has 1 rings (SSSR count). The zero-order valence-electron chi connectivity index (χ0n) is 13.2. The van der Waals surface area contributed by atoms with Crippen LogP contribution < -0.4 is 10.6 Å². The Hall–Kier alpha value is -0.610. The van der Waals surface area contributed by atoms with Crippen LogP contribution in [0.1, 0.15) is 60.8 Å². The summed E-state index contributed by atoms with van der Waals surface area (Å²) in [6.07, 6.45) is 2.91. The van der Waals surface area contributed by atoms with Crippen molar-refractivity contribution in [1.29, 1.82) is 0 Å². The molecule has 0 saturated carbocycles. The zero-order valence-corrected chi connectivity index (χ0v) is 13.2. The van der Waals surface area contributed by atoms with E-state index in [-0.39, 0.29) is 17.6 Å². The van der Waals surface area contributed by atoms with Crippen molar-refractivity contribution in [3.05, 3.63) is 0 Å². The molecular weight excluding hydrogens is 240 g/mol. The molecule has 1 aliphatic rings. The monoisotopic (exact) mass is 270 g/mol. The minimum Gasteiger partial charge on any atom is -0.364 e. The van der Waals surface area contributed by atoms with Gasteiger partial charge in [-0.2, -0.15) is 0 Å². The molecular formula is C15H30N2O2. The molecule has 1 amide bonds. The molecule has 2 N–H and O–H groups in total. The van der Waals surface area contributed by atoms with Crippen LogP contribution in [0.2, 0.25) is 0 Å². The summed E-state index contributed by atoms with van der Waals surface area (Å²) in [5, 5.41) is 6.52. The molecule has 1 heterocycles. The summed E-state index contributed by atoms with van der Waals surface area (Å²) in [4.78, 5) is 12.0. The summed E-state index contributed by atoms with van der Waals surface area (Å²) in [5.74, 6) is -0.0269. The number of piperidine rings is 1. The van der Waals surface area contributed by atoms with Crippen LogP contribution in [0.5, 0.6) is 0 Å². The van der Waals surface area contributed by atoms with Gasteiger partial charge in [0.2, 0.25) is 5.91 Å². The largest absolute Gasteiger partial charge is 0.364 e. The minimum absolute atomic E-state index is 0.0269. The third-order valence-electron chi connectivity index (χ3n) is 3.52. The van der Waals surface area contributed by atoms with Crippen molar-refractivity contribution in [1.82, 2.24) is 10.6 Å². The lowest BCUT2D eigenvalue weighted by Gasteiger charge is -2.37. The standard InChI is InChI=1S/C15H30N2O2/c1-7-12-13(9-8-10(2)16-12)19-11(3)14(18)17-15(4,5)6/h10-13,16H,7-9H2,1-6H3,(H,17,18). The first kappa shape index (κ1) is 16.4. The molecule has 1 fully saturated rings. The van der Waals surface area contributed by atoms with Crippen molar-refractivity contribution < 1.29 is 9.53 Å². The molecule has 112 valence electrons. The Morgan fingerprint density at radius 1 is 1.42 bits per heavy atom. The number of hydrogen-bond acceptors (Lipinski definition) is 3. The smallest absolute Gasteiger partial charge is 0.249 e. The number of rotatable bonds is 4. The summed E-state index contributed by atoms with van der Waals surface area (Å²) in [6.45, 7) is 12.1. The van der Waals surface area contributed by atoms with Gasteiger partial charge in [-0.1, -0.05) is 6.92 Å². The fourth-order valence-corrected chi connectivity index (χ4v) is 2.51. The predicted molar refractivity (Wildman–Crippen MR) is 78.1 cm³/mol. The van der Waals surface area contributed by atoms with Crippen molar-refractivity contribution in [2.45, 2.75) is 90.6 Å². The van der Waals surface area contributed by atoms with E-state index >= 15 is 0 Å². The molecule has 0 bridgehead atoms. The lowest BCUT2D eigenvalue weighted by molar-refractivity contribution is -0.139. The van der Waals surface area contributed by atoms with Gasteiger partial charge in [-0.25, -0.2) is 0 Å². The first-order valence-corrected chi connectivity index (χ1v) is 7.46. The molecule has 4 atom stereocenters. The third kappa shape index (κ3) is 5.49. The van der Waals surface area contributed by atoms with Gasteiger partial charge in [-0.15, -0.1) is 0 Å². The van der Waals surface area contributed by atoms with Crippen LogP contribution in [0.15, 0.2) is 0 Å². The molecule has 1 aliphatic heterocycles. The Bertz CT molecular complexity index is 299. The Morgan fingerprint density at radius 2 is 2.05 bits per heavy atom. The van der Waals surface area contributed by atoms with E-state index in [2.05, 4.69) is 24.5 Å². The van der Waals surface area contributed by atoms with Crippen molar-refractivity contribution in [3.8, 4) is 0 Å². The van der Waals surface area contributed by atoms with E-state index in [0.717, 1.165) is 19.3 Å². The first-order valence-electron chi connectivity index (χ1n) is 7.46. The third-order valence-corrected chi connectivity index (χ3v) is 3.52. The number of carbonyl (C=O) groups excluding carboxylic acids is 1. The summed E-state index contributed by atoms with van der Waals surface area (Å²) >= 11 is 0. The SMILES string of the molecule is CCC1NC(C)CCC1OC(C)C(=O)NC(C)(C)C. The molecule has 1 saturated heterocycles. The zero-order chi connectivity index (χ0) is 14.6. The predicted octanol–water partition coefficient (Wildman–Crippen LogP) is 2.23. The Morgan fingerprint density at radius 3 is 2.58 bits per heavy atom. The van der Waals surface area contributed by atoms with Crippen molar-refractivity contribution in [3.63, 3.8) is 0 Å². The van der Waals surface area contributed by atoms with Gasteiger partial charge >= 0.3 is 0 Å². The number of ether oxygens (including phenoxy) is 1. The van der Waals surface area contributed by atoms with Gasteiger partial charge in [-0.3, -0.25) is 4.79 Å². The van der Waals surface area contributed by atoms with Gasteiger partial charge in [0.05, 0.1) is 6.10 Å². The van der Waals surface area contributed by atoms with Gasteiger partial charge < -0.3 is 15.4 Å². The van der Waals surface area contributed by atoms with Crippen LogP contribution in [0, 0.1) is 0 Å². The minimum atomic E-state index is -0.395. The van der Waals surface area contributed by atoms with Crippen molar-refractivity contribution in [2.75, 3.05) is 0 Å². The number of hydrogen-bond donors (Lipinski definition) is 2. The van der Waals surface area contributed by atoms with Gasteiger partial charge in [0, 0.05) is 17.6 Å². The molecule has 0 aromatic rings. The van der Waals surface area contributed by atoms with Crippen LogP contribution in [0.25, 0.3) is 0 Å². The first-order chi connectivity index (χ1) is 8.73. The summed E-state index contributed by atoms with van der Waals surface area (Å²) in [5.41, 5.74) is -0.210. The second-order valence-corrected chi connectivity index (χ2v) is 6.72. The van der Waals surface area contributed by atoms with Crippen LogP contribution in [-0.2, 0) is 9.53 Å². The van der Waals surface area contributed by atoms with Crippen LogP contribution >= 0.6 is 0 Å². The lowest BCUT2D eigenvalue weighted by atomic mass is 9.94. The molecule has 0 aromatic carbocycles. The number of amides is 1. The van der Waals surface area contributed by atoms with Crippen LogP contribution in [-0.4, -0.2) is 35.7 Å². The van der Waals surface area contributed by atoms with E-state index in [1.807, 2.05) is 27.7 Å². The van der Waals surface area contributed by atoms with Gasteiger partial charge in [0.15, 0.2) is 0 Å². The maximum Gasteiger partial charge on any atom is 0.249 e. The lowest BCUT2D eigenvalue weighted by Crippen LogP contribution is -2.53. The van der Waals surface area contributed by atoms with E-state index in [4.69, 9.17) is 4.74 Å². The van der Waals surface area contributed by atoms with E-state index in [0.29, 0.717) is 12.1 Å². The quantitative estimate of drug-likeness (QED) is 0.823. The second-order valence-electron chi connectivity index (χ2n) is 6.72. The van der Waals surface area contributed by atoms with E-state index in [9.17, 15) is 4.79 Å². The summed E-state index contributed by atoms with van der Waals surface area (Å²) < 4.78 is 5.98. The molecule has 4 unspecified atom stereocenters. The van der Waals surface area contributed by atoms with Gasteiger partial charge in [-0.05, 0) is 53.9 Å². The topological polar surface area (TPSA) is 50.4 Å². The molecule has 0 spiro atoms.